The number of hydrogen-bond acceptors (Lipinski definition) is 5. The maximum Gasteiger partial charge on any atom is 0.434 e. The fourth-order valence-electron chi connectivity index (χ4n) is 2.26. The summed E-state index contributed by atoms with van der Waals surface area (Å²) in [6.45, 7) is 0. The van der Waals surface area contributed by atoms with E-state index in [1.807, 2.05) is 0 Å². The van der Waals surface area contributed by atoms with Gasteiger partial charge in [-0.05, 0) is 24.3 Å². The van der Waals surface area contributed by atoms with Gasteiger partial charge in [-0.1, -0.05) is 17.7 Å². The van der Waals surface area contributed by atoms with Crippen molar-refractivity contribution in [3.8, 4) is 11.7 Å². The van der Waals surface area contributed by atoms with Gasteiger partial charge in [0.1, 0.15) is 0 Å². The maximum atomic E-state index is 13.6. The van der Waals surface area contributed by atoms with E-state index in [1.165, 1.54) is 31.4 Å². The van der Waals surface area contributed by atoms with Crippen LogP contribution in [-0.2, 0) is 6.18 Å². The third-order valence-corrected chi connectivity index (χ3v) is 3.65. The molecule has 27 heavy (non-hydrogen) atoms. The Kier molecular flexibility index (Phi) is 5.00. The number of alkyl halides is 3. The lowest BCUT2D eigenvalue weighted by Gasteiger charge is -2.12. The lowest BCUT2D eigenvalue weighted by molar-refractivity contribution is -0.143. The fourth-order valence-corrected chi connectivity index (χ4v) is 2.45. The number of ether oxygens (including phenoxy) is 1. The van der Waals surface area contributed by atoms with Crippen LogP contribution in [0.3, 0.4) is 0 Å². The van der Waals surface area contributed by atoms with Crippen LogP contribution in [-0.4, -0.2) is 33.0 Å². The van der Waals surface area contributed by atoms with Crippen LogP contribution in [0.4, 0.5) is 18.9 Å². The average molecular weight is 398 g/mol. The topological polar surface area (TPSA) is 81.9 Å². The van der Waals surface area contributed by atoms with Crippen LogP contribution < -0.4 is 10.1 Å². The van der Waals surface area contributed by atoms with Crippen molar-refractivity contribution in [3.05, 3.63) is 58.9 Å². The number of hydrogen-bond donors (Lipinski definition) is 1. The summed E-state index contributed by atoms with van der Waals surface area (Å²) in [5, 5.41) is 13.6. The quantitative estimate of drug-likeness (QED) is 0.727. The highest BCUT2D eigenvalue weighted by Crippen LogP contribution is 2.33. The highest BCUT2D eigenvalue weighted by molar-refractivity contribution is 6.31. The molecule has 3 aromatic rings. The van der Waals surface area contributed by atoms with Crippen molar-refractivity contribution in [2.45, 2.75) is 6.18 Å². The number of halogens is 4. The second-order valence-corrected chi connectivity index (χ2v) is 5.65. The molecule has 3 rings (SSSR count). The number of aromatic nitrogens is 4. The van der Waals surface area contributed by atoms with Gasteiger partial charge in [-0.15, -0.1) is 10.2 Å². The van der Waals surface area contributed by atoms with E-state index in [9.17, 15) is 18.0 Å². The minimum atomic E-state index is -4.86. The molecule has 0 bridgehead atoms. The van der Waals surface area contributed by atoms with E-state index in [-0.39, 0.29) is 17.4 Å². The molecule has 0 saturated heterocycles. The highest BCUT2D eigenvalue weighted by atomic mass is 35.5. The van der Waals surface area contributed by atoms with Gasteiger partial charge in [0.25, 0.3) is 5.91 Å². The molecule has 11 heteroatoms. The molecule has 2 heterocycles. The lowest BCUT2D eigenvalue weighted by atomic mass is 10.2. The van der Waals surface area contributed by atoms with Crippen molar-refractivity contribution in [1.29, 1.82) is 0 Å². The van der Waals surface area contributed by atoms with Crippen LogP contribution in [0.2, 0.25) is 5.02 Å². The van der Waals surface area contributed by atoms with E-state index >= 15 is 0 Å². The lowest BCUT2D eigenvalue weighted by Crippen LogP contribution is -2.21. The smallest absolute Gasteiger partial charge is 0.434 e. The Balaban J connectivity index is 2.00. The van der Waals surface area contributed by atoms with Crippen LogP contribution in [0.1, 0.15) is 16.1 Å². The number of carbonyl (C=O) groups excluding carboxylic acids is 1. The van der Waals surface area contributed by atoms with Crippen molar-refractivity contribution in [3.63, 3.8) is 0 Å². The zero-order chi connectivity index (χ0) is 19.6. The normalized spacial score (nSPS) is 11.3. The minimum Gasteiger partial charge on any atom is -0.480 e. The molecule has 2 aromatic heterocycles. The van der Waals surface area contributed by atoms with Gasteiger partial charge < -0.3 is 10.1 Å². The maximum absolute atomic E-state index is 13.6. The van der Waals surface area contributed by atoms with E-state index in [4.69, 9.17) is 16.3 Å². The van der Waals surface area contributed by atoms with E-state index in [1.54, 1.807) is 12.1 Å². The molecular weight excluding hydrogens is 387 g/mol. The van der Waals surface area contributed by atoms with Crippen molar-refractivity contribution < 1.29 is 22.7 Å². The minimum absolute atomic E-state index is 0.124. The molecule has 0 spiro atoms. The Morgan fingerprint density at radius 2 is 2.00 bits per heavy atom. The second kappa shape index (κ2) is 7.23. The zero-order valence-corrected chi connectivity index (χ0v) is 14.4. The number of anilines is 1. The van der Waals surface area contributed by atoms with Gasteiger partial charge in [-0.3, -0.25) is 4.79 Å². The van der Waals surface area contributed by atoms with E-state index in [0.717, 1.165) is 6.20 Å². The number of carbonyl (C=O) groups is 1. The molecule has 0 unspecified atom stereocenters. The summed E-state index contributed by atoms with van der Waals surface area (Å²) < 4.78 is 46.1. The largest absolute Gasteiger partial charge is 0.480 e. The van der Waals surface area contributed by atoms with Crippen LogP contribution in [0.25, 0.3) is 5.82 Å². The first-order valence-electron chi connectivity index (χ1n) is 7.40. The second-order valence-electron chi connectivity index (χ2n) is 5.21. The van der Waals surface area contributed by atoms with Gasteiger partial charge in [0.2, 0.25) is 5.88 Å². The van der Waals surface area contributed by atoms with Gasteiger partial charge in [-0.2, -0.15) is 18.3 Å². The average Bonchev–Trinajstić information content (AvgIpc) is 3.07. The highest BCUT2D eigenvalue weighted by Gasteiger charge is 2.41. The third kappa shape index (κ3) is 4.00. The summed E-state index contributed by atoms with van der Waals surface area (Å²) in [5.41, 5.74) is -1.70. The first kappa shape index (κ1) is 18.6. The summed E-state index contributed by atoms with van der Waals surface area (Å²) in [6, 6.07) is 8.60. The molecular formula is C16H11ClF3N5O2. The number of nitrogens with zero attached hydrogens (tertiary/aromatic N) is 4. The monoisotopic (exact) mass is 397 g/mol. The van der Waals surface area contributed by atoms with Crippen molar-refractivity contribution in [2.75, 3.05) is 12.4 Å². The Morgan fingerprint density at radius 1 is 1.22 bits per heavy atom. The molecule has 140 valence electrons. The van der Waals surface area contributed by atoms with Gasteiger partial charge in [0, 0.05) is 16.8 Å². The molecule has 0 atom stereocenters. The molecule has 1 amide bonds. The van der Waals surface area contributed by atoms with Crippen molar-refractivity contribution in [1.82, 2.24) is 20.0 Å². The molecule has 0 aliphatic heterocycles. The Morgan fingerprint density at radius 3 is 2.59 bits per heavy atom. The van der Waals surface area contributed by atoms with Gasteiger partial charge in [0.05, 0.1) is 18.9 Å². The Hall–Kier alpha value is -3.14. The molecule has 0 aliphatic rings. The van der Waals surface area contributed by atoms with Gasteiger partial charge in [0.15, 0.2) is 11.5 Å². The van der Waals surface area contributed by atoms with Gasteiger partial charge in [-0.25, -0.2) is 4.68 Å². The zero-order valence-electron chi connectivity index (χ0n) is 13.7. The van der Waals surface area contributed by atoms with Crippen LogP contribution >= 0.6 is 11.6 Å². The first-order chi connectivity index (χ1) is 12.8. The molecule has 0 fully saturated rings. The van der Waals surface area contributed by atoms with Crippen LogP contribution in [0, 0.1) is 0 Å². The summed E-state index contributed by atoms with van der Waals surface area (Å²) in [7, 11) is 1.34. The summed E-state index contributed by atoms with van der Waals surface area (Å²) in [5.74, 6) is -1.08. The standard InChI is InChI=1S/C16H11ClF3N5O2/c1-27-13-6-5-12(23-24-13)25-14(16(18,19)20)11(8-21-25)15(26)22-10-4-2-3-9(17)7-10/h2-8H,1H3,(H,22,26). The Bertz CT molecular complexity index is 973. The molecule has 0 aliphatic carbocycles. The first-order valence-corrected chi connectivity index (χ1v) is 7.77. The van der Waals surface area contributed by atoms with Crippen LogP contribution in [0.5, 0.6) is 5.88 Å². The number of rotatable bonds is 4. The number of amides is 1. The number of methoxy groups -OCH3 is 1. The molecule has 1 N–H and O–H groups in total. The van der Waals surface area contributed by atoms with Gasteiger partial charge >= 0.3 is 6.18 Å². The fraction of sp³-hybridized carbons (Fsp3) is 0.125. The van der Waals surface area contributed by atoms with Crippen molar-refractivity contribution >= 4 is 23.2 Å². The molecule has 0 radical (unpaired) electrons. The number of nitrogens with one attached hydrogen (secondary N) is 1. The molecule has 0 saturated carbocycles. The van der Waals surface area contributed by atoms with Crippen molar-refractivity contribution in [2.24, 2.45) is 0 Å². The Labute approximate surface area is 155 Å². The summed E-state index contributed by atoms with van der Waals surface area (Å²) in [4.78, 5) is 12.4. The predicted molar refractivity (Wildman–Crippen MR) is 90.1 cm³/mol. The van der Waals surface area contributed by atoms with E-state index in [0.29, 0.717) is 9.70 Å². The predicted octanol–water partition coefficient (Wildman–Crippen LogP) is 3.60. The SMILES string of the molecule is COc1ccc(-n2ncc(C(=O)Nc3cccc(Cl)c3)c2C(F)(F)F)nn1. The van der Waals surface area contributed by atoms with E-state index in [2.05, 4.69) is 20.6 Å². The third-order valence-electron chi connectivity index (χ3n) is 3.42. The number of benzene rings is 1. The molecule has 7 nitrogen and oxygen atoms in total. The van der Waals surface area contributed by atoms with Crippen LogP contribution in [0.15, 0.2) is 42.6 Å². The van der Waals surface area contributed by atoms with E-state index < -0.39 is 23.3 Å². The summed E-state index contributed by atoms with van der Waals surface area (Å²) in [6.07, 6.45) is -4.05. The summed E-state index contributed by atoms with van der Waals surface area (Å²) >= 11 is 5.81. The molecule has 1 aromatic carbocycles.